The number of carboxylic acid groups (broad SMARTS) is 1. The number of amides is 1. The molecule has 0 bridgehead atoms. The van der Waals surface area contributed by atoms with Crippen LogP contribution in [-0.2, 0) is 15.3 Å². The molecular weight excluding hydrogens is 274 g/mol. The minimum absolute atomic E-state index is 0.00432. The zero-order valence-corrected chi connectivity index (χ0v) is 12.9. The molecule has 0 aromatic heterocycles. The number of benzene rings is 1. The summed E-state index contributed by atoms with van der Waals surface area (Å²) in [4.78, 5) is 22.6. The highest BCUT2D eigenvalue weighted by molar-refractivity contribution is 7.99. The molecule has 5 heteroatoms. The number of anilines is 1. The number of nitrogens with one attached hydrogen (secondary N) is 1. The Kier molecular flexibility index (Phi) is 6.07. The molecule has 0 saturated carbocycles. The van der Waals surface area contributed by atoms with Gasteiger partial charge in [0.1, 0.15) is 0 Å². The summed E-state index contributed by atoms with van der Waals surface area (Å²) in [6.07, 6.45) is 0.771. The lowest BCUT2D eigenvalue weighted by atomic mass is 9.89. The van der Waals surface area contributed by atoms with Gasteiger partial charge in [-0.2, -0.15) is 0 Å². The average Bonchev–Trinajstić information content (AvgIpc) is 2.38. The van der Waals surface area contributed by atoms with E-state index in [0.29, 0.717) is 5.75 Å². The van der Waals surface area contributed by atoms with E-state index >= 15 is 0 Å². The van der Waals surface area contributed by atoms with Gasteiger partial charge in [-0.1, -0.05) is 32.9 Å². The Morgan fingerprint density at radius 2 is 2.05 bits per heavy atom. The van der Waals surface area contributed by atoms with Crippen LogP contribution in [0, 0.1) is 5.41 Å². The van der Waals surface area contributed by atoms with Gasteiger partial charge >= 0.3 is 5.97 Å². The van der Waals surface area contributed by atoms with Crippen molar-refractivity contribution in [2.45, 2.75) is 32.9 Å². The Morgan fingerprint density at radius 1 is 1.35 bits per heavy atom. The molecule has 0 saturated heterocycles. The lowest BCUT2D eigenvalue weighted by Gasteiger charge is -2.21. The lowest BCUT2D eigenvalue weighted by Crippen LogP contribution is -2.29. The molecule has 1 aromatic rings. The van der Waals surface area contributed by atoms with Crippen molar-refractivity contribution in [1.82, 2.24) is 0 Å². The summed E-state index contributed by atoms with van der Waals surface area (Å²) in [5.74, 6) is -0.119. The molecule has 0 aliphatic heterocycles. The predicted octanol–water partition coefficient (Wildman–Crippen LogP) is 3.38. The molecule has 110 valence electrons. The molecule has 0 atom stereocenters. The maximum Gasteiger partial charge on any atom is 0.313 e. The van der Waals surface area contributed by atoms with E-state index in [9.17, 15) is 9.59 Å². The van der Waals surface area contributed by atoms with Gasteiger partial charge < -0.3 is 10.4 Å². The fourth-order valence-corrected chi connectivity index (χ4v) is 2.15. The molecule has 0 aliphatic carbocycles. The van der Waals surface area contributed by atoms with Gasteiger partial charge in [0.2, 0.25) is 5.91 Å². The van der Waals surface area contributed by atoms with Gasteiger partial charge in [0.15, 0.2) is 0 Å². The van der Waals surface area contributed by atoms with E-state index in [2.05, 4.69) is 5.32 Å². The van der Waals surface area contributed by atoms with Crippen LogP contribution in [0.5, 0.6) is 0 Å². The number of rotatable bonds is 7. The van der Waals surface area contributed by atoms with Gasteiger partial charge in [-0.3, -0.25) is 9.59 Å². The quantitative estimate of drug-likeness (QED) is 0.809. The molecule has 1 amide bonds. The minimum Gasteiger partial charge on any atom is -0.481 e. The summed E-state index contributed by atoms with van der Waals surface area (Å²) in [7, 11) is 0. The van der Waals surface area contributed by atoms with Gasteiger partial charge in [0, 0.05) is 16.9 Å². The van der Waals surface area contributed by atoms with E-state index in [-0.39, 0.29) is 11.7 Å². The van der Waals surface area contributed by atoms with Crippen molar-refractivity contribution >= 4 is 29.3 Å². The van der Waals surface area contributed by atoms with Crippen molar-refractivity contribution in [3.8, 4) is 0 Å². The monoisotopic (exact) mass is 295 g/mol. The van der Waals surface area contributed by atoms with Crippen LogP contribution in [0.25, 0.3) is 0 Å². The van der Waals surface area contributed by atoms with Crippen molar-refractivity contribution in [3.05, 3.63) is 29.8 Å². The molecule has 0 aliphatic rings. The molecule has 0 spiro atoms. The van der Waals surface area contributed by atoms with E-state index in [0.717, 1.165) is 17.7 Å². The van der Waals surface area contributed by atoms with Crippen molar-refractivity contribution in [2.24, 2.45) is 5.41 Å². The van der Waals surface area contributed by atoms with E-state index in [1.165, 1.54) is 11.8 Å². The van der Waals surface area contributed by atoms with Gasteiger partial charge in [-0.05, 0) is 24.1 Å². The second kappa shape index (κ2) is 7.33. The molecule has 1 rings (SSSR count). The average molecular weight is 295 g/mol. The molecular formula is C15H21NO3S. The summed E-state index contributed by atoms with van der Waals surface area (Å²) in [6.45, 7) is 5.81. The van der Waals surface area contributed by atoms with Crippen molar-refractivity contribution in [3.63, 3.8) is 0 Å². The van der Waals surface area contributed by atoms with Crippen LogP contribution >= 0.6 is 11.8 Å². The first kappa shape index (κ1) is 16.6. The van der Waals surface area contributed by atoms with E-state index in [4.69, 9.17) is 5.11 Å². The molecule has 1 aromatic carbocycles. The Morgan fingerprint density at radius 3 is 2.65 bits per heavy atom. The summed E-state index contributed by atoms with van der Waals surface area (Å²) in [6, 6.07) is 7.52. The Bertz CT molecular complexity index is 486. The Balaban J connectivity index is 2.64. The third-order valence-electron chi connectivity index (χ3n) is 3.18. The van der Waals surface area contributed by atoms with Crippen LogP contribution in [-0.4, -0.2) is 22.7 Å². The first-order chi connectivity index (χ1) is 9.35. The molecule has 4 nitrogen and oxygen atoms in total. The summed E-state index contributed by atoms with van der Waals surface area (Å²) >= 11 is 1.34. The second-order valence-electron chi connectivity index (χ2n) is 5.28. The molecule has 0 radical (unpaired) electrons. The van der Waals surface area contributed by atoms with Crippen molar-refractivity contribution in [1.29, 1.82) is 0 Å². The van der Waals surface area contributed by atoms with Gasteiger partial charge in [0.05, 0.1) is 5.75 Å². The highest BCUT2D eigenvalue weighted by Gasteiger charge is 2.25. The predicted molar refractivity (Wildman–Crippen MR) is 82.9 cm³/mol. The van der Waals surface area contributed by atoms with E-state index < -0.39 is 11.4 Å². The SMILES string of the molecule is CCC(C)(C)C(=O)Nc1cccc(CSCC(=O)O)c1. The summed E-state index contributed by atoms with van der Waals surface area (Å²) < 4.78 is 0. The van der Waals surface area contributed by atoms with Crippen LogP contribution < -0.4 is 5.32 Å². The zero-order chi connectivity index (χ0) is 15.2. The second-order valence-corrected chi connectivity index (χ2v) is 6.26. The highest BCUT2D eigenvalue weighted by Crippen LogP contribution is 2.23. The zero-order valence-electron chi connectivity index (χ0n) is 12.1. The maximum atomic E-state index is 12.1. The fourth-order valence-electron chi connectivity index (χ4n) is 1.46. The van der Waals surface area contributed by atoms with Crippen molar-refractivity contribution < 1.29 is 14.7 Å². The number of hydrogen-bond donors (Lipinski definition) is 2. The topological polar surface area (TPSA) is 66.4 Å². The largest absolute Gasteiger partial charge is 0.481 e. The number of aliphatic carboxylic acids is 1. The van der Waals surface area contributed by atoms with Crippen molar-refractivity contribution in [2.75, 3.05) is 11.1 Å². The lowest BCUT2D eigenvalue weighted by molar-refractivity contribution is -0.134. The fraction of sp³-hybridized carbons (Fsp3) is 0.467. The number of hydrogen-bond acceptors (Lipinski definition) is 3. The normalized spacial score (nSPS) is 11.2. The first-order valence-electron chi connectivity index (χ1n) is 6.55. The van der Waals surface area contributed by atoms with Gasteiger partial charge in [0.25, 0.3) is 0 Å². The molecule has 0 heterocycles. The third kappa shape index (κ3) is 5.25. The van der Waals surface area contributed by atoms with Crippen LogP contribution in [0.2, 0.25) is 0 Å². The molecule has 2 N–H and O–H groups in total. The smallest absolute Gasteiger partial charge is 0.313 e. The van der Waals surface area contributed by atoms with Crippen LogP contribution in [0.15, 0.2) is 24.3 Å². The van der Waals surface area contributed by atoms with E-state index in [1.807, 2.05) is 45.0 Å². The summed E-state index contributed by atoms with van der Waals surface area (Å²) in [5, 5.41) is 11.5. The van der Waals surface area contributed by atoms with Crippen LogP contribution in [0.4, 0.5) is 5.69 Å². The molecule has 0 unspecified atom stereocenters. The van der Waals surface area contributed by atoms with Crippen LogP contribution in [0.1, 0.15) is 32.8 Å². The Hall–Kier alpha value is -1.49. The first-order valence-corrected chi connectivity index (χ1v) is 7.70. The van der Waals surface area contributed by atoms with Crippen LogP contribution in [0.3, 0.4) is 0 Å². The number of carboxylic acids is 1. The summed E-state index contributed by atoms with van der Waals surface area (Å²) in [5.41, 5.74) is 1.36. The van der Waals surface area contributed by atoms with E-state index in [1.54, 1.807) is 0 Å². The number of carbonyl (C=O) groups excluding carboxylic acids is 1. The van der Waals surface area contributed by atoms with Gasteiger partial charge in [-0.25, -0.2) is 0 Å². The molecule has 0 fully saturated rings. The minimum atomic E-state index is -0.816. The molecule has 20 heavy (non-hydrogen) atoms. The number of thioether (sulfide) groups is 1. The maximum absolute atomic E-state index is 12.1. The Labute approximate surface area is 124 Å². The van der Waals surface area contributed by atoms with Gasteiger partial charge in [-0.15, -0.1) is 11.8 Å². The third-order valence-corrected chi connectivity index (χ3v) is 4.17. The standard InChI is InChI=1S/C15H21NO3S/c1-4-15(2,3)14(19)16-12-7-5-6-11(8-12)9-20-10-13(17)18/h5-8H,4,9-10H2,1-3H3,(H,16,19)(H,17,18). The number of carbonyl (C=O) groups is 2. The highest BCUT2D eigenvalue weighted by atomic mass is 32.2.